The molecule has 0 spiro atoms. The zero-order chi connectivity index (χ0) is 31.3. The Balaban J connectivity index is 1.09. The number of rotatable bonds is 3. The van der Waals surface area contributed by atoms with Gasteiger partial charge >= 0.3 is 0 Å². The van der Waals surface area contributed by atoms with E-state index < -0.39 is 0 Å². The number of aromatic nitrogens is 2. The van der Waals surface area contributed by atoms with Crippen LogP contribution in [0.4, 0.5) is 0 Å². The van der Waals surface area contributed by atoms with Gasteiger partial charge in [0.05, 0.1) is 6.04 Å². The Morgan fingerprint density at radius 1 is 0.766 bits per heavy atom. The lowest BCUT2D eigenvalue weighted by Gasteiger charge is -2.24. The van der Waals surface area contributed by atoms with E-state index >= 15 is 0 Å². The van der Waals surface area contributed by atoms with E-state index in [2.05, 4.69) is 144 Å². The van der Waals surface area contributed by atoms with Crippen molar-refractivity contribution in [3.05, 3.63) is 147 Å². The molecule has 5 aliphatic carbocycles. The van der Waals surface area contributed by atoms with Crippen LogP contribution in [0.3, 0.4) is 0 Å². The van der Waals surface area contributed by atoms with E-state index in [9.17, 15) is 0 Å². The van der Waals surface area contributed by atoms with Crippen LogP contribution in [-0.4, -0.2) is 9.13 Å². The maximum atomic E-state index is 2.64. The first-order chi connectivity index (χ1) is 23.1. The zero-order valence-electron chi connectivity index (χ0n) is 27.3. The molecule has 5 aliphatic rings. The molecule has 2 aromatic heterocycles. The highest BCUT2D eigenvalue weighted by atomic mass is 15.0. The van der Waals surface area contributed by atoms with Crippen LogP contribution in [0.2, 0.25) is 0 Å². The van der Waals surface area contributed by atoms with Gasteiger partial charge in [-0.2, -0.15) is 0 Å². The Bertz CT molecular complexity index is 2400. The van der Waals surface area contributed by atoms with Crippen LogP contribution in [-0.2, 0) is 18.3 Å². The van der Waals surface area contributed by atoms with Crippen LogP contribution >= 0.6 is 0 Å². The van der Waals surface area contributed by atoms with E-state index in [4.69, 9.17) is 0 Å². The molecule has 2 unspecified atom stereocenters. The summed E-state index contributed by atoms with van der Waals surface area (Å²) in [6, 6.07) is 25.7. The van der Waals surface area contributed by atoms with Gasteiger partial charge in [0, 0.05) is 61.0 Å². The van der Waals surface area contributed by atoms with E-state index in [1.54, 1.807) is 5.57 Å². The first-order valence-electron chi connectivity index (χ1n) is 17.6. The smallest absolute Gasteiger partial charge is 0.0560 e. The van der Waals surface area contributed by atoms with Crippen molar-refractivity contribution in [3.63, 3.8) is 0 Å². The van der Waals surface area contributed by atoms with Crippen molar-refractivity contribution in [1.29, 1.82) is 0 Å². The average Bonchev–Trinajstić information content (AvgIpc) is 3.71. The summed E-state index contributed by atoms with van der Waals surface area (Å²) in [5.74, 6) is 0.432. The second-order valence-corrected chi connectivity index (χ2v) is 14.6. The minimum atomic E-state index is 0.0320. The summed E-state index contributed by atoms with van der Waals surface area (Å²) in [7, 11) is 0. The Kier molecular flexibility index (Phi) is 5.86. The first kappa shape index (κ1) is 27.3. The molecule has 2 heteroatoms. The molecule has 0 saturated carbocycles. The zero-order valence-corrected chi connectivity index (χ0v) is 27.3. The summed E-state index contributed by atoms with van der Waals surface area (Å²) < 4.78 is 5.23. The van der Waals surface area contributed by atoms with Crippen molar-refractivity contribution >= 4 is 35.2 Å². The van der Waals surface area contributed by atoms with E-state index in [0.717, 1.165) is 38.5 Å². The minimum Gasteiger partial charge on any atom is -0.333 e. The molecule has 0 amide bonds. The van der Waals surface area contributed by atoms with Gasteiger partial charge in [0.1, 0.15) is 0 Å². The molecule has 0 fully saturated rings. The van der Waals surface area contributed by atoms with E-state index in [1.165, 1.54) is 71.9 Å². The van der Waals surface area contributed by atoms with E-state index in [-0.39, 0.29) is 5.41 Å². The van der Waals surface area contributed by atoms with Gasteiger partial charge in [0.25, 0.3) is 0 Å². The van der Waals surface area contributed by atoms with E-state index in [1.807, 2.05) is 0 Å². The maximum Gasteiger partial charge on any atom is 0.0560 e. The lowest BCUT2D eigenvalue weighted by Crippen LogP contribution is -2.34. The average molecular weight is 609 g/mol. The van der Waals surface area contributed by atoms with Crippen molar-refractivity contribution in [2.75, 3.05) is 0 Å². The summed E-state index contributed by atoms with van der Waals surface area (Å²) in [5.41, 5.74) is 15.9. The molecule has 5 aromatic rings. The van der Waals surface area contributed by atoms with Gasteiger partial charge in [0.15, 0.2) is 0 Å². The van der Waals surface area contributed by atoms with Crippen LogP contribution < -0.4 is 10.6 Å². The quantitative estimate of drug-likeness (QED) is 0.193. The second-order valence-electron chi connectivity index (χ2n) is 14.6. The van der Waals surface area contributed by atoms with Crippen LogP contribution in [0.1, 0.15) is 79.2 Å². The molecule has 2 nitrogen and oxygen atoms in total. The number of benzene rings is 3. The highest BCUT2D eigenvalue weighted by Crippen LogP contribution is 2.49. The number of hydrogen-bond donors (Lipinski definition) is 0. The molecule has 10 rings (SSSR count). The van der Waals surface area contributed by atoms with Gasteiger partial charge in [-0.15, -0.1) is 0 Å². The molecule has 0 bridgehead atoms. The number of allylic oxidation sites excluding steroid dienone is 6. The lowest BCUT2D eigenvalue weighted by atomic mass is 9.82. The Hall–Kier alpha value is -4.82. The van der Waals surface area contributed by atoms with Crippen molar-refractivity contribution < 1.29 is 0 Å². The predicted molar refractivity (Wildman–Crippen MR) is 197 cm³/mol. The fourth-order valence-electron chi connectivity index (χ4n) is 9.52. The normalized spacial score (nSPS) is 21.3. The summed E-state index contributed by atoms with van der Waals surface area (Å²) in [6.45, 7) is 4.75. The van der Waals surface area contributed by atoms with E-state index in [0.29, 0.717) is 12.0 Å². The van der Waals surface area contributed by atoms with Gasteiger partial charge in [-0.3, -0.25) is 0 Å². The highest BCUT2D eigenvalue weighted by molar-refractivity contribution is 5.85. The molecule has 0 N–H and O–H groups in total. The Morgan fingerprint density at radius 2 is 1.62 bits per heavy atom. The first-order valence-corrected chi connectivity index (χ1v) is 17.6. The summed E-state index contributed by atoms with van der Waals surface area (Å²) in [5, 5.41) is 4.21. The standard InChI is InChI=1S/C45H40N2/c1-45(2)39-17-9-6-14-33(39)36-28-32(22-23-40(36)45)47-42-19-11-8-16-35(42)38-27-30(21-25-44(38)47)29-20-24-43-37(26-29)34-15-7-10-18-41(34)46(43)31-12-4-3-5-13-31/h3-10,12,14-18,22-24,26-29,31H,11,13,19-21,25H2,1-2H3. The summed E-state index contributed by atoms with van der Waals surface area (Å²) in [4.78, 5) is 0. The third-order valence-corrected chi connectivity index (χ3v) is 11.8. The summed E-state index contributed by atoms with van der Waals surface area (Å²) in [6.07, 6.45) is 28.1. The molecule has 2 heterocycles. The van der Waals surface area contributed by atoms with Crippen molar-refractivity contribution in [1.82, 2.24) is 9.13 Å². The molecule has 0 saturated heterocycles. The topological polar surface area (TPSA) is 9.86 Å². The largest absolute Gasteiger partial charge is 0.333 e. The molecule has 0 aliphatic heterocycles. The monoisotopic (exact) mass is 608 g/mol. The minimum absolute atomic E-state index is 0.0320. The third-order valence-electron chi connectivity index (χ3n) is 11.8. The fraction of sp³-hybridized carbons (Fsp3) is 0.244. The van der Waals surface area contributed by atoms with Crippen molar-refractivity contribution in [2.24, 2.45) is 5.92 Å². The molecular weight excluding hydrogens is 569 g/mol. The van der Waals surface area contributed by atoms with Crippen LogP contribution in [0.5, 0.6) is 0 Å². The maximum absolute atomic E-state index is 2.64. The van der Waals surface area contributed by atoms with Gasteiger partial charge in [-0.25, -0.2) is 0 Å². The summed E-state index contributed by atoms with van der Waals surface area (Å²) >= 11 is 0. The molecule has 47 heavy (non-hydrogen) atoms. The lowest BCUT2D eigenvalue weighted by molar-refractivity contribution is 0.609. The molecule has 3 aromatic carbocycles. The van der Waals surface area contributed by atoms with Crippen LogP contribution in [0, 0.1) is 5.92 Å². The van der Waals surface area contributed by atoms with Gasteiger partial charge in [0.2, 0.25) is 0 Å². The van der Waals surface area contributed by atoms with Crippen LogP contribution in [0.15, 0.2) is 103 Å². The fourth-order valence-corrected chi connectivity index (χ4v) is 9.52. The van der Waals surface area contributed by atoms with Crippen molar-refractivity contribution in [2.45, 2.75) is 63.8 Å². The predicted octanol–water partition coefficient (Wildman–Crippen LogP) is 9.37. The Morgan fingerprint density at radius 3 is 2.53 bits per heavy atom. The number of nitrogens with zero attached hydrogens (tertiary/aromatic N) is 2. The number of hydrogen-bond acceptors (Lipinski definition) is 0. The van der Waals surface area contributed by atoms with Gasteiger partial charge < -0.3 is 9.13 Å². The molecular formula is C45H40N2. The second kappa shape index (κ2) is 10.1. The number of para-hydroxylation sites is 1. The van der Waals surface area contributed by atoms with Crippen LogP contribution in [0.25, 0.3) is 52.0 Å². The highest BCUT2D eigenvalue weighted by Gasteiger charge is 2.36. The van der Waals surface area contributed by atoms with Gasteiger partial charge in [-0.05, 0) is 79.0 Å². The van der Waals surface area contributed by atoms with Gasteiger partial charge in [-0.1, -0.05) is 123 Å². The van der Waals surface area contributed by atoms with Crippen molar-refractivity contribution in [3.8, 4) is 16.8 Å². The molecule has 0 radical (unpaired) electrons. The Labute approximate surface area is 277 Å². The molecule has 230 valence electrons. The number of fused-ring (bicyclic) bond motifs is 9. The molecule has 2 atom stereocenters. The SMILES string of the molecule is CC1(C)c2ccccc2-c2cc(-n3c4c(c5c3CCC(C3C=c6c(n(C7C=CC=CC7)c7ccccc67)=CC3)=C5)C=CCC4)ccc21. The third kappa shape index (κ3) is 3.91.